The van der Waals surface area contributed by atoms with Crippen LogP contribution < -0.4 is 0 Å². The van der Waals surface area contributed by atoms with Gasteiger partial charge in [-0.25, -0.2) is 0 Å². The van der Waals surface area contributed by atoms with Gasteiger partial charge >= 0.3 is 5.97 Å². The van der Waals surface area contributed by atoms with E-state index in [0.29, 0.717) is 19.4 Å². The van der Waals surface area contributed by atoms with E-state index in [1.807, 2.05) is 31.3 Å². The lowest BCUT2D eigenvalue weighted by molar-refractivity contribution is -0.143. The summed E-state index contributed by atoms with van der Waals surface area (Å²) in [5.74, 6) is -0.145. The Morgan fingerprint density at radius 3 is 3.06 bits per heavy atom. The van der Waals surface area contributed by atoms with Crippen LogP contribution in [-0.4, -0.2) is 17.6 Å². The Hall–Kier alpha value is -1.29. The molecule has 0 atom stereocenters. The molecule has 0 spiro atoms. The number of esters is 1. The molecule has 0 fully saturated rings. The van der Waals surface area contributed by atoms with E-state index in [4.69, 9.17) is 4.74 Å². The molecule has 0 aliphatic heterocycles. The van der Waals surface area contributed by atoms with Crippen molar-refractivity contribution < 1.29 is 9.53 Å². The molecular weight excluding hydrogens is 282 g/mol. The summed E-state index contributed by atoms with van der Waals surface area (Å²) in [6.07, 6.45) is 3.07. The minimum absolute atomic E-state index is 0.145. The van der Waals surface area contributed by atoms with Gasteiger partial charge in [-0.05, 0) is 31.0 Å². The Kier molecular flexibility index (Phi) is 3.84. The molecule has 0 amide bonds. The van der Waals surface area contributed by atoms with Crippen LogP contribution in [0.25, 0.3) is 10.9 Å². The molecule has 0 radical (unpaired) electrons. The Bertz CT molecular complexity index is 533. The van der Waals surface area contributed by atoms with E-state index in [0.717, 1.165) is 20.9 Å². The van der Waals surface area contributed by atoms with Crippen LogP contribution >= 0.6 is 15.9 Å². The van der Waals surface area contributed by atoms with E-state index in [1.165, 1.54) is 0 Å². The van der Waals surface area contributed by atoms with Crippen molar-refractivity contribution in [2.45, 2.75) is 19.8 Å². The minimum atomic E-state index is -0.145. The molecule has 1 heterocycles. The molecule has 0 bridgehead atoms. The molecule has 0 unspecified atom stereocenters. The van der Waals surface area contributed by atoms with Crippen LogP contribution in [0.3, 0.4) is 0 Å². The predicted octanol–water partition coefficient (Wildman–Crippen LogP) is 3.43. The smallest absolute Gasteiger partial charge is 0.306 e. The molecule has 90 valence electrons. The lowest BCUT2D eigenvalue weighted by Gasteiger charge is -2.02. The number of fused-ring (bicyclic) bond motifs is 1. The maximum absolute atomic E-state index is 11.3. The summed E-state index contributed by atoms with van der Waals surface area (Å²) in [6, 6.07) is 6.01. The molecule has 4 heteroatoms. The third-order valence-corrected chi connectivity index (χ3v) is 3.30. The van der Waals surface area contributed by atoms with Gasteiger partial charge < -0.3 is 9.72 Å². The Morgan fingerprint density at radius 1 is 1.47 bits per heavy atom. The highest BCUT2D eigenvalue weighted by Crippen LogP contribution is 2.27. The fourth-order valence-electron chi connectivity index (χ4n) is 1.87. The summed E-state index contributed by atoms with van der Waals surface area (Å²) in [6.45, 7) is 2.26. The van der Waals surface area contributed by atoms with Gasteiger partial charge in [-0.2, -0.15) is 0 Å². The molecule has 0 aliphatic carbocycles. The van der Waals surface area contributed by atoms with Crippen LogP contribution in [0.15, 0.2) is 28.9 Å². The quantitative estimate of drug-likeness (QED) is 0.878. The summed E-state index contributed by atoms with van der Waals surface area (Å²) in [7, 11) is 0. The lowest BCUT2D eigenvalue weighted by atomic mass is 10.1. The van der Waals surface area contributed by atoms with Crippen LogP contribution in [0.5, 0.6) is 0 Å². The monoisotopic (exact) mass is 295 g/mol. The second-order valence-electron chi connectivity index (χ2n) is 3.78. The first-order chi connectivity index (χ1) is 8.22. The molecule has 0 saturated heterocycles. The molecule has 1 aromatic carbocycles. The number of aryl methyl sites for hydroxylation is 1. The number of halogens is 1. The van der Waals surface area contributed by atoms with Gasteiger partial charge in [0, 0.05) is 28.0 Å². The summed E-state index contributed by atoms with van der Waals surface area (Å²) >= 11 is 3.53. The molecular formula is C13H14BrNO2. The number of rotatable bonds is 4. The zero-order chi connectivity index (χ0) is 12.3. The number of ether oxygens (including phenoxy) is 1. The maximum Gasteiger partial charge on any atom is 0.306 e. The van der Waals surface area contributed by atoms with Gasteiger partial charge in [0.15, 0.2) is 0 Å². The first-order valence-electron chi connectivity index (χ1n) is 5.62. The number of carbonyl (C=O) groups excluding carboxylic acids is 1. The number of hydrogen-bond acceptors (Lipinski definition) is 2. The highest BCUT2D eigenvalue weighted by Gasteiger charge is 2.09. The summed E-state index contributed by atoms with van der Waals surface area (Å²) in [4.78, 5) is 14.5. The van der Waals surface area contributed by atoms with Gasteiger partial charge in [0.2, 0.25) is 0 Å². The zero-order valence-electron chi connectivity index (χ0n) is 9.63. The van der Waals surface area contributed by atoms with Crippen LogP contribution in [0, 0.1) is 0 Å². The highest BCUT2D eigenvalue weighted by atomic mass is 79.9. The van der Waals surface area contributed by atoms with Crippen molar-refractivity contribution in [3.63, 3.8) is 0 Å². The fourth-order valence-corrected chi connectivity index (χ4v) is 2.50. The SMILES string of the molecule is CCOC(=O)CCc1c[nH]c2cccc(Br)c12. The molecule has 0 aliphatic rings. The first-order valence-corrected chi connectivity index (χ1v) is 6.41. The van der Waals surface area contributed by atoms with Crippen molar-refractivity contribution in [3.8, 4) is 0 Å². The molecule has 1 N–H and O–H groups in total. The highest BCUT2D eigenvalue weighted by molar-refractivity contribution is 9.10. The van der Waals surface area contributed by atoms with E-state index in [-0.39, 0.29) is 5.97 Å². The second-order valence-corrected chi connectivity index (χ2v) is 4.64. The van der Waals surface area contributed by atoms with Crippen molar-refractivity contribution >= 4 is 32.8 Å². The van der Waals surface area contributed by atoms with Gasteiger partial charge in [-0.1, -0.05) is 22.0 Å². The van der Waals surface area contributed by atoms with Gasteiger partial charge in [-0.3, -0.25) is 4.79 Å². The fraction of sp³-hybridized carbons (Fsp3) is 0.308. The van der Waals surface area contributed by atoms with E-state index in [9.17, 15) is 4.79 Å². The molecule has 3 nitrogen and oxygen atoms in total. The number of hydrogen-bond donors (Lipinski definition) is 1. The molecule has 2 rings (SSSR count). The minimum Gasteiger partial charge on any atom is -0.466 e. The average molecular weight is 296 g/mol. The number of benzene rings is 1. The Balaban J connectivity index is 2.16. The number of nitrogens with one attached hydrogen (secondary N) is 1. The molecule has 17 heavy (non-hydrogen) atoms. The molecule has 1 aromatic heterocycles. The predicted molar refractivity (Wildman–Crippen MR) is 71.0 cm³/mol. The summed E-state index contributed by atoms with van der Waals surface area (Å²) < 4.78 is 5.97. The van der Waals surface area contributed by atoms with Crippen LogP contribution in [-0.2, 0) is 16.0 Å². The van der Waals surface area contributed by atoms with Crippen LogP contribution in [0.4, 0.5) is 0 Å². The van der Waals surface area contributed by atoms with Crippen molar-refractivity contribution in [1.82, 2.24) is 4.98 Å². The van der Waals surface area contributed by atoms with Crippen molar-refractivity contribution in [3.05, 3.63) is 34.4 Å². The van der Waals surface area contributed by atoms with E-state index >= 15 is 0 Å². The van der Waals surface area contributed by atoms with Crippen molar-refractivity contribution in [2.75, 3.05) is 6.61 Å². The van der Waals surface area contributed by atoms with Gasteiger partial charge in [0.1, 0.15) is 0 Å². The first kappa shape index (κ1) is 12.2. The Labute approximate surface area is 108 Å². The third kappa shape index (κ3) is 2.69. The van der Waals surface area contributed by atoms with Crippen LogP contribution in [0.1, 0.15) is 18.9 Å². The van der Waals surface area contributed by atoms with Gasteiger partial charge in [0.25, 0.3) is 0 Å². The lowest BCUT2D eigenvalue weighted by Crippen LogP contribution is -2.04. The third-order valence-electron chi connectivity index (χ3n) is 2.64. The van der Waals surface area contributed by atoms with Gasteiger partial charge in [0.05, 0.1) is 6.61 Å². The Morgan fingerprint density at radius 2 is 2.29 bits per heavy atom. The second kappa shape index (κ2) is 5.36. The van der Waals surface area contributed by atoms with Crippen LogP contribution in [0.2, 0.25) is 0 Å². The average Bonchev–Trinajstić information content (AvgIpc) is 2.71. The largest absolute Gasteiger partial charge is 0.466 e. The number of aromatic amines is 1. The number of carbonyl (C=O) groups is 1. The maximum atomic E-state index is 11.3. The summed E-state index contributed by atoms with van der Waals surface area (Å²) in [5.41, 5.74) is 2.22. The summed E-state index contributed by atoms with van der Waals surface area (Å²) in [5, 5.41) is 1.15. The zero-order valence-corrected chi connectivity index (χ0v) is 11.2. The van der Waals surface area contributed by atoms with E-state index in [2.05, 4.69) is 20.9 Å². The van der Waals surface area contributed by atoms with Gasteiger partial charge in [-0.15, -0.1) is 0 Å². The van der Waals surface area contributed by atoms with E-state index < -0.39 is 0 Å². The number of aromatic nitrogens is 1. The normalized spacial score (nSPS) is 10.7. The number of H-pyrrole nitrogens is 1. The van der Waals surface area contributed by atoms with Crippen molar-refractivity contribution in [1.29, 1.82) is 0 Å². The topological polar surface area (TPSA) is 42.1 Å². The van der Waals surface area contributed by atoms with E-state index in [1.54, 1.807) is 0 Å². The molecule has 0 saturated carbocycles. The molecule has 2 aromatic rings. The standard InChI is InChI=1S/C13H14BrNO2/c1-2-17-12(16)7-6-9-8-15-11-5-3-4-10(14)13(9)11/h3-5,8,15H,2,6-7H2,1H3. The van der Waals surface area contributed by atoms with Crippen molar-refractivity contribution in [2.24, 2.45) is 0 Å².